The number of phosphoric ester groups is 2. The van der Waals surface area contributed by atoms with Crippen LogP contribution in [0.15, 0.2) is 23.8 Å². The van der Waals surface area contributed by atoms with Crippen LogP contribution < -0.4 is 17.0 Å². The highest BCUT2D eigenvalue weighted by molar-refractivity contribution is 7.47. The van der Waals surface area contributed by atoms with Crippen LogP contribution in [-0.2, 0) is 32.2 Å². The van der Waals surface area contributed by atoms with Gasteiger partial charge in [0.05, 0.1) is 25.9 Å². The van der Waals surface area contributed by atoms with Crippen LogP contribution in [0, 0.1) is 0 Å². The van der Waals surface area contributed by atoms with Crippen molar-refractivity contribution >= 4 is 49.7 Å². The summed E-state index contributed by atoms with van der Waals surface area (Å²) in [6.45, 7) is -1.29. The van der Waals surface area contributed by atoms with Gasteiger partial charge in [0.2, 0.25) is 5.95 Å². The van der Waals surface area contributed by atoms with E-state index in [0.29, 0.717) is 11.2 Å². The summed E-state index contributed by atoms with van der Waals surface area (Å²) in [5.41, 5.74) is 11.4. The molecular weight excluding hydrogens is 634 g/mol. The minimum atomic E-state index is -5.05. The minimum absolute atomic E-state index is 0.0227. The molecule has 0 saturated carbocycles. The van der Waals surface area contributed by atoms with Crippen LogP contribution in [0.2, 0.25) is 0 Å². The average molecular weight is 660 g/mol. The van der Waals surface area contributed by atoms with Gasteiger partial charge < -0.3 is 40.7 Å². The monoisotopic (exact) mass is 660 g/mol. The Hall–Kier alpha value is -3.40. The average Bonchev–Trinajstić information content (AvgIpc) is 3.71. The molecule has 4 aromatic heterocycles. The molecule has 4 aromatic rings. The molecule has 9 N–H and O–H groups in total. The fourth-order valence-corrected chi connectivity index (χ4v) is 6.59. The second-order valence-corrected chi connectivity index (χ2v) is 12.4. The molecule has 0 amide bonds. The van der Waals surface area contributed by atoms with Gasteiger partial charge in [-0.25, -0.2) is 29.1 Å². The maximum absolute atomic E-state index is 13.0. The number of ether oxygens (including phenoxy) is 2. The second-order valence-electron chi connectivity index (χ2n) is 9.81. The van der Waals surface area contributed by atoms with Gasteiger partial charge in [-0.15, -0.1) is 0 Å². The SMILES string of the molecule is Nc1nc2c(ncn2[C@H]2C[C@H](OP(=O)(O)O)[C@@H](COP(=O)(O)O[C@H]3C[C@H](n4cnc5c(N)ncnc54)O[C@@H]3CO)O2)c(=O)[nH]1. The van der Waals surface area contributed by atoms with Gasteiger partial charge in [0.1, 0.15) is 48.7 Å². The molecule has 0 aromatic carbocycles. The first kappa shape index (κ1) is 30.6. The van der Waals surface area contributed by atoms with Gasteiger partial charge in [0, 0.05) is 12.8 Å². The molecule has 2 aliphatic heterocycles. The van der Waals surface area contributed by atoms with Crippen molar-refractivity contribution in [3.8, 4) is 0 Å². The molecular formula is C20H26N10O12P2. The predicted molar refractivity (Wildman–Crippen MR) is 144 cm³/mol. The van der Waals surface area contributed by atoms with Crippen molar-refractivity contribution < 1.29 is 52.0 Å². The van der Waals surface area contributed by atoms with Gasteiger partial charge in [-0.05, 0) is 0 Å². The molecule has 0 radical (unpaired) electrons. The van der Waals surface area contributed by atoms with Crippen molar-refractivity contribution in [3.63, 3.8) is 0 Å². The van der Waals surface area contributed by atoms with Crippen LogP contribution >= 0.6 is 15.6 Å². The number of H-pyrrole nitrogens is 1. The molecule has 1 unspecified atom stereocenters. The zero-order chi connectivity index (χ0) is 31.4. The van der Waals surface area contributed by atoms with E-state index in [1.807, 2.05) is 0 Å². The third-order valence-corrected chi connectivity index (χ3v) is 8.50. The Labute approximate surface area is 244 Å². The molecule has 6 heterocycles. The highest BCUT2D eigenvalue weighted by Gasteiger charge is 2.45. The van der Waals surface area contributed by atoms with E-state index in [0.717, 1.165) is 0 Å². The smallest absolute Gasteiger partial charge is 0.394 e. The minimum Gasteiger partial charge on any atom is -0.394 e. The zero-order valence-corrected chi connectivity index (χ0v) is 24.0. The lowest BCUT2D eigenvalue weighted by Crippen LogP contribution is -2.30. The number of anilines is 2. The maximum Gasteiger partial charge on any atom is 0.472 e. The quantitative estimate of drug-likeness (QED) is 0.0969. The summed E-state index contributed by atoms with van der Waals surface area (Å²) >= 11 is 0. The number of hydrogen-bond donors (Lipinski definition) is 7. The Morgan fingerprint density at radius 1 is 0.932 bits per heavy atom. The molecule has 44 heavy (non-hydrogen) atoms. The normalized spacial score (nSPS) is 27.4. The summed E-state index contributed by atoms with van der Waals surface area (Å²) in [6, 6.07) is 0. The van der Waals surface area contributed by atoms with E-state index in [9.17, 15) is 33.7 Å². The number of imidazole rings is 2. The van der Waals surface area contributed by atoms with E-state index >= 15 is 0 Å². The Bertz CT molecular complexity index is 1840. The Kier molecular flexibility index (Phi) is 8.01. The number of rotatable bonds is 10. The van der Waals surface area contributed by atoms with Crippen molar-refractivity contribution in [3.05, 3.63) is 29.3 Å². The number of hydrogen-bond acceptors (Lipinski definition) is 16. The van der Waals surface area contributed by atoms with E-state index in [-0.39, 0.29) is 35.8 Å². The third kappa shape index (κ3) is 6.10. The van der Waals surface area contributed by atoms with Crippen LogP contribution in [0.3, 0.4) is 0 Å². The Morgan fingerprint density at radius 2 is 1.57 bits per heavy atom. The number of nitrogens with one attached hydrogen (secondary N) is 1. The van der Waals surface area contributed by atoms with Crippen molar-refractivity contribution in [1.29, 1.82) is 0 Å². The number of nitrogens with zero attached hydrogens (tertiary/aromatic N) is 7. The topological polar surface area (TPSA) is 320 Å². The molecule has 2 fully saturated rings. The molecule has 0 bridgehead atoms. The number of aromatic amines is 1. The number of nitrogen functional groups attached to an aromatic ring is 2. The van der Waals surface area contributed by atoms with Gasteiger partial charge in [0.25, 0.3) is 5.56 Å². The van der Waals surface area contributed by atoms with Gasteiger partial charge in [-0.2, -0.15) is 4.98 Å². The summed E-state index contributed by atoms with van der Waals surface area (Å²) in [4.78, 5) is 64.0. The van der Waals surface area contributed by atoms with Crippen molar-refractivity contribution in [2.24, 2.45) is 0 Å². The van der Waals surface area contributed by atoms with Crippen LogP contribution in [0.25, 0.3) is 22.3 Å². The van der Waals surface area contributed by atoms with Crippen molar-refractivity contribution in [1.82, 2.24) is 39.0 Å². The number of aromatic nitrogens is 8. The maximum atomic E-state index is 13.0. The van der Waals surface area contributed by atoms with E-state index in [2.05, 4.69) is 29.9 Å². The lowest BCUT2D eigenvalue weighted by molar-refractivity contribution is -0.0549. The summed E-state index contributed by atoms with van der Waals surface area (Å²) in [7, 11) is -9.95. The number of phosphoric acid groups is 2. The molecule has 2 aliphatic rings. The van der Waals surface area contributed by atoms with Crippen LogP contribution in [-0.4, -0.2) is 96.5 Å². The van der Waals surface area contributed by atoms with E-state index in [4.69, 9.17) is 34.5 Å². The largest absolute Gasteiger partial charge is 0.472 e. The number of aliphatic hydroxyl groups is 1. The van der Waals surface area contributed by atoms with Gasteiger partial charge in [-0.3, -0.25) is 32.5 Å². The van der Waals surface area contributed by atoms with E-state index < -0.39 is 71.3 Å². The molecule has 6 rings (SSSR count). The number of fused-ring (bicyclic) bond motifs is 2. The summed E-state index contributed by atoms with van der Waals surface area (Å²) in [6.07, 6.45) is -3.06. The molecule has 238 valence electrons. The van der Waals surface area contributed by atoms with Gasteiger partial charge in [0.15, 0.2) is 22.6 Å². The standard InChI is InChI=1S/C20H26N10O12P2/c21-16-14-17(24-5-23-16)29(6-25-14)12-1-8(10(3-31)39-12)42-44(36,37)38-4-11-9(41-43(33,34)35)2-13(40-11)30-7-26-15-18(30)27-20(22)28-19(15)32/h5-13,31H,1-4H2,(H,36,37)(H2,21,23,24)(H2,33,34,35)(H3,22,27,28,32)/t8-,9-,10+,11+,12+,13+/m0/s1. The lowest BCUT2D eigenvalue weighted by Gasteiger charge is -2.23. The van der Waals surface area contributed by atoms with Crippen molar-refractivity contribution in [2.45, 2.75) is 49.7 Å². The number of aliphatic hydroxyl groups excluding tert-OH is 1. The summed E-state index contributed by atoms with van der Waals surface area (Å²) in [5.74, 6) is -0.0688. The summed E-state index contributed by atoms with van der Waals surface area (Å²) < 4.78 is 54.4. The van der Waals surface area contributed by atoms with Gasteiger partial charge in [-0.1, -0.05) is 0 Å². The third-order valence-electron chi connectivity index (χ3n) is 6.94. The van der Waals surface area contributed by atoms with E-state index in [1.165, 1.54) is 28.1 Å². The van der Waals surface area contributed by atoms with Crippen LogP contribution in [0.4, 0.5) is 11.8 Å². The predicted octanol–water partition coefficient (Wildman–Crippen LogP) is -1.33. The Balaban J connectivity index is 1.15. The molecule has 2 saturated heterocycles. The first-order chi connectivity index (χ1) is 20.8. The molecule has 22 nitrogen and oxygen atoms in total. The molecule has 24 heteroatoms. The molecule has 7 atom stereocenters. The lowest BCUT2D eigenvalue weighted by atomic mass is 10.2. The van der Waals surface area contributed by atoms with Crippen molar-refractivity contribution in [2.75, 3.05) is 24.7 Å². The molecule has 0 aliphatic carbocycles. The Morgan fingerprint density at radius 3 is 2.25 bits per heavy atom. The fraction of sp³-hybridized carbons (Fsp3) is 0.500. The van der Waals surface area contributed by atoms with E-state index in [1.54, 1.807) is 0 Å². The zero-order valence-electron chi connectivity index (χ0n) is 22.3. The highest BCUT2D eigenvalue weighted by atomic mass is 31.2. The molecule has 0 spiro atoms. The van der Waals surface area contributed by atoms with Crippen LogP contribution in [0.1, 0.15) is 25.3 Å². The fourth-order valence-electron chi connectivity index (χ4n) is 5.06. The highest BCUT2D eigenvalue weighted by Crippen LogP contribution is 2.50. The van der Waals surface area contributed by atoms with Crippen LogP contribution in [0.5, 0.6) is 0 Å². The van der Waals surface area contributed by atoms with Gasteiger partial charge >= 0.3 is 15.6 Å². The first-order valence-corrected chi connectivity index (χ1v) is 15.8. The number of nitrogens with two attached hydrogens (primary N) is 2. The second kappa shape index (κ2) is 11.5. The first-order valence-electron chi connectivity index (χ1n) is 12.8. The summed E-state index contributed by atoms with van der Waals surface area (Å²) in [5, 5.41) is 9.84.